The molecule has 2 aromatic heterocycles. The van der Waals surface area contributed by atoms with Gasteiger partial charge >= 0.3 is 5.97 Å². The first kappa shape index (κ1) is 14.6. The number of pyridine rings is 2. The third-order valence-corrected chi connectivity index (χ3v) is 4.41. The van der Waals surface area contributed by atoms with Crippen LogP contribution in [0.2, 0.25) is 0 Å². The Balaban J connectivity index is 1.98. The van der Waals surface area contributed by atoms with Gasteiger partial charge in [0.05, 0.1) is 16.8 Å². The molecule has 0 radical (unpaired) electrons. The third kappa shape index (κ3) is 2.46. The van der Waals surface area contributed by atoms with Gasteiger partial charge in [0, 0.05) is 17.8 Å². The Morgan fingerprint density at radius 1 is 1.12 bits per heavy atom. The first-order chi connectivity index (χ1) is 11.7. The Bertz CT molecular complexity index is 962. The minimum atomic E-state index is -0.882. The van der Waals surface area contributed by atoms with Gasteiger partial charge in [0.25, 0.3) is 0 Å². The van der Waals surface area contributed by atoms with Crippen molar-refractivity contribution in [2.24, 2.45) is 0 Å². The predicted octanol–water partition coefficient (Wildman–Crippen LogP) is 4.20. The Morgan fingerprint density at radius 2 is 2.00 bits per heavy atom. The second-order valence-electron chi connectivity index (χ2n) is 5.95. The zero-order valence-electron chi connectivity index (χ0n) is 13.1. The molecule has 0 aliphatic heterocycles. The Morgan fingerprint density at radius 3 is 2.79 bits per heavy atom. The van der Waals surface area contributed by atoms with Crippen LogP contribution in [0.25, 0.3) is 22.6 Å². The summed E-state index contributed by atoms with van der Waals surface area (Å²) in [6.45, 7) is 0. The lowest BCUT2D eigenvalue weighted by Crippen LogP contribution is -2.13. The molecule has 0 saturated heterocycles. The van der Waals surface area contributed by atoms with Crippen molar-refractivity contribution >= 4 is 28.5 Å². The maximum Gasteiger partial charge on any atom is 0.336 e. The molecule has 3 aromatic rings. The molecule has 4 nitrogen and oxygen atoms in total. The highest BCUT2D eigenvalue weighted by Crippen LogP contribution is 2.35. The van der Waals surface area contributed by atoms with Gasteiger partial charge in [-0.3, -0.25) is 4.98 Å². The topological polar surface area (TPSA) is 63.1 Å². The second-order valence-corrected chi connectivity index (χ2v) is 5.95. The minimum absolute atomic E-state index is 0.396. The second kappa shape index (κ2) is 5.89. The smallest absolute Gasteiger partial charge is 0.336 e. The highest BCUT2D eigenvalue weighted by Gasteiger charge is 2.24. The van der Waals surface area contributed by atoms with Crippen LogP contribution in [0.3, 0.4) is 0 Å². The van der Waals surface area contributed by atoms with Gasteiger partial charge in [-0.25, -0.2) is 9.78 Å². The van der Waals surface area contributed by atoms with Crippen LogP contribution in [0, 0.1) is 0 Å². The van der Waals surface area contributed by atoms with E-state index in [-0.39, 0.29) is 0 Å². The van der Waals surface area contributed by atoms with Crippen molar-refractivity contribution in [3.63, 3.8) is 0 Å². The average Bonchev–Trinajstić information content (AvgIpc) is 2.61. The van der Waals surface area contributed by atoms with E-state index < -0.39 is 5.97 Å². The van der Waals surface area contributed by atoms with E-state index >= 15 is 0 Å². The number of carboxylic acids is 1. The molecule has 1 aliphatic carbocycles. The first-order valence-electron chi connectivity index (χ1n) is 8.00. The van der Waals surface area contributed by atoms with Gasteiger partial charge in [-0.1, -0.05) is 24.3 Å². The number of carbonyl (C=O) groups is 1. The van der Waals surface area contributed by atoms with E-state index in [1.807, 2.05) is 36.4 Å². The van der Waals surface area contributed by atoms with E-state index in [1.54, 1.807) is 12.4 Å². The van der Waals surface area contributed by atoms with Gasteiger partial charge < -0.3 is 5.11 Å². The van der Waals surface area contributed by atoms with E-state index in [2.05, 4.69) is 11.1 Å². The van der Waals surface area contributed by atoms with Crippen LogP contribution in [0.15, 0.2) is 48.8 Å². The van der Waals surface area contributed by atoms with E-state index in [1.165, 1.54) is 0 Å². The van der Waals surface area contributed by atoms with Gasteiger partial charge in [-0.15, -0.1) is 0 Å². The third-order valence-electron chi connectivity index (χ3n) is 4.41. The number of hydrogen-bond donors (Lipinski definition) is 1. The van der Waals surface area contributed by atoms with Crippen molar-refractivity contribution in [2.75, 3.05) is 0 Å². The fraction of sp³-hybridized carbons (Fsp3) is 0.150. The van der Waals surface area contributed by atoms with Crippen LogP contribution >= 0.6 is 0 Å². The largest absolute Gasteiger partial charge is 0.478 e. The maximum absolute atomic E-state index is 11.9. The van der Waals surface area contributed by atoms with Crippen LogP contribution < -0.4 is 0 Å². The van der Waals surface area contributed by atoms with Crippen molar-refractivity contribution in [1.29, 1.82) is 0 Å². The summed E-state index contributed by atoms with van der Waals surface area (Å²) in [5.41, 5.74) is 4.88. The molecule has 4 heteroatoms. The molecule has 0 bridgehead atoms. The number of aromatic nitrogens is 2. The fourth-order valence-corrected chi connectivity index (χ4v) is 3.38. The molecule has 0 fully saturated rings. The maximum atomic E-state index is 11.9. The van der Waals surface area contributed by atoms with Crippen LogP contribution in [-0.2, 0) is 6.42 Å². The molecule has 4 rings (SSSR count). The summed E-state index contributed by atoms with van der Waals surface area (Å²) in [5, 5.41) is 10.5. The monoisotopic (exact) mass is 316 g/mol. The number of hydrogen-bond acceptors (Lipinski definition) is 3. The molecule has 0 unspecified atom stereocenters. The Hall–Kier alpha value is -3.01. The molecule has 118 valence electrons. The summed E-state index contributed by atoms with van der Waals surface area (Å²) in [4.78, 5) is 20.8. The summed E-state index contributed by atoms with van der Waals surface area (Å²) in [7, 11) is 0. The normalized spacial score (nSPS) is 15.4. The van der Waals surface area contributed by atoms with Gasteiger partial charge in [0.1, 0.15) is 0 Å². The fourth-order valence-electron chi connectivity index (χ4n) is 3.38. The first-order valence-corrected chi connectivity index (χ1v) is 8.00. The molecular formula is C20H16N2O2. The van der Waals surface area contributed by atoms with Crippen LogP contribution in [-0.4, -0.2) is 21.0 Å². The Kier molecular flexibility index (Phi) is 3.58. The van der Waals surface area contributed by atoms with Crippen molar-refractivity contribution < 1.29 is 9.90 Å². The van der Waals surface area contributed by atoms with Crippen molar-refractivity contribution in [2.45, 2.75) is 19.3 Å². The lowest BCUT2D eigenvalue weighted by atomic mass is 9.86. The summed E-state index contributed by atoms with van der Waals surface area (Å²) < 4.78 is 0. The van der Waals surface area contributed by atoms with Crippen molar-refractivity contribution in [3.8, 4) is 0 Å². The molecule has 1 N–H and O–H groups in total. The van der Waals surface area contributed by atoms with Crippen molar-refractivity contribution in [1.82, 2.24) is 9.97 Å². The van der Waals surface area contributed by atoms with E-state index in [0.717, 1.165) is 47.2 Å². The van der Waals surface area contributed by atoms with E-state index in [9.17, 15) is 9.90 Å². The number of fused-ring (bicyclic) bond motifs is 2. The molecule has 0 atom stereocenters. The number of rotatable bonds is 2. The summed E-state index contributed by atoms with van der Waals surface area (Å²) >= 11 is 0. The number of aromatic carboxylic acids is 1. The highest BCUT2D eigenvalue weighted by atomic mass is 16.4. The quantitative estimate of drug-likeness (QED) is 0.769. The van der Waals surface area contributed by atoms with Gasteiger partial charge in [-0.05, 0) is 54.2 Å². The molecule has 2 heterocycles. The van der Waals surface area contributed by atoms with Gasteiger partial charge in [-0.2, -0.15) is 0 Å². The van der Waals surface area contributed by atoms with E-state index in [4.69, 9.17) is 4.98 Å². The standard InChI is InChI=1S/C20H16N2O2/c23-20(24)18-15-7-1-2-9-17(15)22-19-14(6-3-8-16(18)19)11-13-5-4-10-21-12-13/h1-2,4-5,7,9-12H,3,6,8H2,(H,23,24)/b14-11-. The SMILES string of the molecule is O=C(O)c1c2c(nc3ccccc13)/C(=C\c1cccnc1)CCC2. The number of benzene rings is 1. The van der Waals surface area contributed by atoms with Gasteiger partial charge in [0.2, 0.25) is 0 Å². The molecular weight excluding hydrogens is 300 g/mol. The van der Waals surface area contributed by atoms with Gasteiger partial charge in [0.15, 0.2) is 0 Å². The number of nitrogens with zero attached hydrogens (tertiary/aromatic N) is 2. The summed E-state index contributed by atoms with van der Waals surface area (Å²) in [6, 6.07) is 11.3. The zero-order chi connectivity index (χ0) is 16.5. The minimum Gasteiger partial charge on any atom is -0.478 e. The van der Waals surface area contributed by atoms with Crippen LogP contribution in [0.4, 0.5) is 0 Å². The highest BCUT2D eigenvalue weighted by molar-refractivity contribution is 6.05. The summed E-state index contributed by atoms with van der Waals surface area (Å²) in [6.07, 6.45) is 8.19. The van der Waals surface area contributed by atoms with Crippen molar-refractivity contribution in [3.05, 3.63) is 71.2 Å². The number of allylic oxidation sites excluding steroid dienone is 1. The molecule has 1 aromatic carbocycles. The predicted molar refractivity (Wildman–Crippen MR) is 93.7 cm³/mol. The summed E-state index contributed by atoms with van der Waals surface area (Å²) in [5.74, 6) is -0.882. The number of carboxylic acid groups (broad SMARTS) is 1. The van der Waals surface area contributed by atoms with E-state index in [0.29, 0.717) is 10.9 Å². The Labute approximate surface area is 139 Å². The zero-order valence-corrected chi connectivity index (χ0v) is 13.1. The molecule has 1 aliphatic rings. The van der Waals surface area contributed by atoms with Crippen LogP contribution in [0.5, 0.6) is 0 Å². The number of para-hydroxylation sites is 1. The lowest BCUT2D eigenvalue weighted by Gasteiger charge is -2.21. The average molecular weight is 316 g/mol. The lowest BCUT2D eigenvalue weighted by molar-refractivity contribution is 0.0697. The van der Waals surface area contributed by atoms with Crippen LogP contribution in [0.1, 0.15) is 40.0 Å². The molecule has 0 amide bonds. The molecule has 0 spiro atoms. The molecule has 0 saturated carbocycles. The molecule has 24 heavy (non-hydrogen) atoms.